The number of thiazole rings is 1. The molecule has 1 aromatic rings. The molecule has 13 heavy (non-hydrogen) atoms. The minimum Gasteiger partial charge on any atom is -0.234 e. The first kappa shape index (κ1) is 9.66. The molecule has 2 rings (SSSR count). The average molecular weight is 260 g/mol. The van der Waals surface area contributed by atoms with Crippen molar-refractivity contribution in [3.63, 3.8) is 0 Å². The van der Waals surface area contributed by atoms with E-state index in [9.17, 15) is 0 Å². The van der Waals surface area contributed by atoms with Gasteiger partial charge in [-0.2, -0.15) is 0 Å². The summed E-state index contributed by atoms with van der Waals surface area (Å²) in [7, 11) is 0. The van der Waals surface area contributed by atoms with Gasteiger partial charge in [-0.1, -0.05) is 19.3 Å². The predicted molar refractivity (Wildman–Crippen MR) is 60.4 cm³/mol. The van der Waals surface area contributed by atoms with Gasteiger partial charge in [0.15, 0.2) is 3.92 Å². The van der Waals surface area contributed by atoms with Gasteiger partial charge in [0, 0.05) is 10.8 Å². The van der Waals surface area contributed by atoms with Gasteiger partial charge >= 0.3 is 0 Å². The lowest BCUT2D eigenvalue weighted by Crippen LogP contribution is -2.05. The van der Waals surface area contributed by atoms with Crippen molar-refractivity contribution >= 4 is 27.3 Å². The van der Waals surface area contributed by atoms with Crippen molar-refractivity contribution in [3.05, 3.63) is 14.5 Å². The number of nitrogens with zero attached hydrogens (tertiary/aromatic N) is 1. The van der Waals surface area contributed by atoms with Gasteiger partial charge in [-0.25, -0.2) is 4.98 Å². The fourth-order valence-corrected chi connectivity index (χ4v) is 3.76. The molecule has 0 saturated heterocycles. The Morgan fingerprint density at radius 2 is 2.00 bits per heavy atom. The van der Waals surface area contributed by atoms with E-state index < -0.39 is 0 Å². The fraction of sp³-hybridized carbons (Fsp3) is 0.700. The monoisotopic (exact) mass is 259 g/mol. The maximum atomic E-state index is 4.57. The van der Waals surface area contributed by atoms with Crippen molar-refractivity contribution in [1.29, 1.82) is 0 Å². The molecule has 0 unspecified atom stereocenters. The Balaban J connectivity index is 2.18. The second kappa shape index (κ2) is 4.09. The van der Waals surface area contributed by atoms with Crippen molar-refractivity contribution in [3.8, 4) is 0 Å². The van der Waals surface area contributed by atoms with Crippen molar-refractivity contribution in [2.75, 3.05) is 0 Å². The third-order valence-corrected chi connectivity index (χ3v) is 4.24. The standard InChI is InChI=1S/C10H14BrNS/c1-7-9(12-10(11)13-7)8-5-3-2-4-6-8/h8H,2-6H2,1H3. The topological polar surface area (TPSA) is 12.9 Å². The van der Waals surface area contributed by atoms with Crippen LogP contribution in [0, 0.1) is 6.92 Å². The summed E-state index contributed by atoms with van der Waals surface area (Å²) in [5.74, 6) is 0.747. The molecule has 1 aliphatic rings. The molecule has 1 fully saturated rings. The first-order chi connectivity index (χ1) is 6.27. The summed E-state index contributed by atoms with van der Waals surface area (Å²) >= 11 is 5.23. The van der Waals surface area contributed by atoms with E-state index in [4.69, 9.17) is 0 Å². The van der Waals surface area contributed by atoms with E-state index in [-0.39, 0.29) is 0 Å². The minimum atomic E-state index is 0.747. The molecule has 1 aliphatic carbocycles. The zero-order valence-corrected chi connectivity index (χ0v) is 10.2. The molecule has 0 N–H and O–H groups in total. The lowest BCUT2D eigenvalue weighted by Gasteiger charge is -2.20. The molecular weight excluding hydrogens is 246 g/mol. The second-order valence-corrected chi connectivity index (χ2v) is 6.22. The summed E-state index contributed by atoms with van der Waals surface area (Å²) in [5.41, 5.74) is 1.36. The van der Waals surface area contributed by atoms with Crippen molar-refractivity contribution < 1.29 is 0 Å². The first-order valence-electron chi connectivity index (χ1n) is 4.90. The largest absolute Gasteiger partial charge is 0.234 e. The van der Waals surface area contributed by atoms with E-state index in [0.717, 1.165) is 9.83 Å². The van der Waals surface area contributed by atoms with E-state index in [1.54, 1.807) is 11.3 Å². The van der Waals surface area contributed by atoms with Crippen molar-refractivity contribution in [1.82, 2.24) is 4.98 Å². The Labute approximate surface area is 91.7 Å². The third kappa shape index (κ3) is 2.13. The molecule has 0 amide bonds. The van der Waals surface area contributed by atoms with Gasteiger partial charge in [0.1, 0.15) is 0 Å². The Hall–Kier alpha value is 0.110. The highest BCUT2D eigenvalue weighted by Gasteiger charge is 2.20. The van der Waals surface area contributed by atoms with E-state index >= 15 is 0 Å². The molecule has 0 bridgehead atoms. The molecule has 1 aromatic heterocycles. The van der Waals surface area contributed by atoms with Crippen molar-refractivity contribution in [2.24, 2.45) is 0 Å². The van der Waals surface area contributed by atoms with Gasteiger partial charge < -0.3 is 0 Å². The predicted octanol–water partition coefficient (Wildman–Crippen LogP) is 4.26. The van der Waals surface area contributed by atoms with Crippen molar-refractivity contribution in [2.45, 2.75) is 44.9 Å². The summed E-state index contributed by atoms with van der Waals surface area (Å²) < 4.78 is 1.05. The molecule has 1 nitrogen and oxygen atoms in total. The maximum Gasteiger partial charge on any atom is 0.159 e. The van der Waals surface area contributed by atoms with Crippen LogP contribution in [-0.4, -0.2) is 4.98 Å². The van der Waals surface area contributed by atoms with Crippen LogP contribution in [0.4, 0.5) is 0 Å². The number of aryl methyl sites for hydroxylation is 1. The summed E-state index contributed by atoms with van der Waals surface area (Å²) in [4.78, 5) is 5.97. The van der Waals surface area contributed by atoms with Crippen LogP contribution in [0.2, 0.25) is 0 Å². The van der Waals surface area contributed by atoms with Crippen LogP contribution in [0.15, 0.2) is 3.92 Å². The van der Waals surface area contributed by atoms with Crippen LogP contribution >= 0.6 is 27.3 Å². The first-order valence-corrected chi connectivity index (χ1v) is 6.51. The van der Waals surface area contributed by atoms with Crippen LogP contribution in [0.25, 0.3) is 0 Å². The van der Waals surface area contributed by atoms with Gasteiger partial charge in [-0.3, -0.25) is 0 Å². The van der Waals surface area contributed by atoms with E-state index in [0.29, 0.717) is 0 Å². The zero-order valence-electron chi connectivity index (χ0n) is 7.85. The number of hydrogen-bond donors (Lipinski definition) is 0. The minimum absolute atomic E-state index is 0.747. The molecule has 0 radical (unpaired) electrons. The molecule has 1 saturated carbocycles. The number of rotatable bonds is 1. The number of aromatic nitrogens is 1. The maximum absolute atomic E-state index is 4.57. The normalized spacial score (nSPS) is 19.2. The smallest absolute Gasteiger partial charge is 0.159 e. The Kier molecular flexibility index (Phi) is 3.04. The summed E-state index contributed by atoms with van der Waals surface area (Å²) in [6, 6.07) is 0. The molecule has 1 heterocycles. The summed E-state index contributed by atoms with van der Waals surface area (Å²) in [6.45, 7) is 2.19. The van der Waals surface area contributed by atoms with Gasteiger partial charge in [0.25, 0.3) is 0 Å². The fourth-order valence-electron chi connectivity index (χ4n) is 2.13. The molecule has 0 spiro atoms. The highest BCUT2D eigenvalue weighted by atomic mass is 79.9. The van der Waals surface area contributed by atoms with Gasteiger partial charge in [-0.15, -0.1) is 11.3 Å². The van der Waals surface area contributed by atoms with E-state index in [1.165, 1.54) is 42.7 Å². The second-order valence-electron chi connectivity index (χ2n) is 3.74. The molecule has 0 aromatic carbocycles. The van der Waals surface area contributed by atoms with Crippen LogP contribution in [-0.2, 0) is 0 Å². The third-order valence-electron chi connectivity index (χ3n) is 2.80. The average Bonchev–Trinajstić information content (AvgIpc) is 2.47. The summed E-state index contributed by atoms with van der Waals surface area (Å²) in [5, 5.41) is 0. The molecule has 3 heteroatoms. The lowest BCUT2D eigenvalue weighted by atomic mass is 9.87. The van der Waals surface area contributed by atoms with Crippen LogP contribution in [0.1, 0.15) is 48.6 Å². The van der Waals surface area contributed by atoms with Crippen LogP contribution in [0.3, 0.4) is 0 Å². The van der Waals surface area contributed by atoms with Crippen LogP contribution < -0.4 is 0 Å². The quantitative estimate of drug-likeness (QED) is 0.735. The Morgan fingerprint density at radius 3 is 2.54 bits per heavy atom. The summed E-state index contributed by atoms with van der Waals surface area (Å²) in [6.07, 6.45) is 6.88. The van der Waals surface area contributed by atoms with E-state index in [1.807, 2.05) is 0 Å². The number of halogens is 1. The Morgan fingerprint density at radius 1 is 1.31 bits per heavy atom. The van der Waals surface area contributed by atoms with Gasteiger partial charge in [0.2, 0.25) is 0 Å². The number of hydrogen-bond acceptors (Lipinski definition) is 2. The molecule has 0 aliphatic heterocycles. The highest BCUT2D eigenvalue weighted by molar-refractivity contribution is 9.11. The van der Waals surface area contributed by atoms with Gasteiger partial charge in [-0.05, 0) is 35.7 Å². The highest BCUT2D eigenvalue weighted by Crippen LogP contribution is 2.36. The molecule has 0 atom stereocenters. The SMILES string of the molecule is Cc1sc(Br)nc1C1CCCCC1. The van der Waals surface area contributed by atoms with E-state index in [2.05, 4.69) is 27.8 Å². The Bertz CT molecular complexity index is 289. The molecular formula is C10H14BrNS. The molecule has 72 valence electrons. The van der Waals surface area contributed by atoms with Gasteiger partial charge in [0.05, 0.1) is 5.69 Å². The lowest BCUT2D eigenvalue weighted by molar-refractivity contribution is 0.436. The van der Waals surface area contributed by atoms with Crippen LogP contribution in [0.5, 0.6) is 0 Å². The zero-order chi connectivity index (χ0) is 9.26.